The van der Waals surface area contributed by atoms with Gasteiger partial charge in [0.2, 0.25) is 5.58 Å². The molecule has 1 saturated heterocycles. The Hall–Kier alpha value is -3.83. The Labute approximate surface area is 234 Å². The Morgan fingerprint density at radius 1 is 1.15 bits per heavy atom. The first kappa shape index (κ1) is 26.4. The number of piperidine rings is 1. The number of rotatable bonds is 8. The summed E-state index contributed by atoms with van der Waals surface area (Å²) < 4.78 is 19.2. The number of hydrogen-bond acceptors (Lipinski definition) is 8. The minimum Gasteiger partial charge on any atom is -0.449 e. The van der Waals surface area contributed by atoms with Gasteiger partial charge in [-0.25, -0.2) is 14.8 Å². The number of nitrogens with one attached hydrogen (secondary N) is 1. The fraction of sp³-hybridized carbons (Fsp3) is 0.379. The van der Waals surface area contributed by atoms with Crippen LogP contribution in [0.1, 0.15) is 31.6 Å². The molecule has 208 valence electrons. The number of carbonyl (C=O) groups excluding carboxylic acids is 1. The zero-order valence-corrected chi connectivity index (χ0v) is 23.3. The van der Waals surface area contributed by atoms with Crippen molar-refractivity contribution in [1.29, 1.82) is 0 Å². The fourth-order valence-corrected chi connectivity index (χ4v) is 6.09. The molecule has 0 radical (unpaired) electrons. The number of para-hydroxylation sites is 3. The molecule has 40 heavy (non-hydrogen) atoms. The third-order valence-corrected chi connectivity index (χ3v) is 8.03. The van der Waals surface area contributed by atoms with E-state index < -0.39 is 0 Å². The average molecular weight is 562 g/mol. The summed E-state index contributed by atoms with van der Waals surface area (Å²) in [4.78, 5) is 39.0. The van der Waals surface area contributed by atoms with Crippen LogP contribution in [0.5, 0.6) is 0 Å². The predicted octanol–water partition coefficient (Wildman–Crippen LogP) is 5.37. The van der Waals surface area contributed by atoms with E-state index in [0.29, 0.717) is 43.0 Å². The second-order valence-corrected chi connectivity index (χ2v) is 10.8. The van der Waals surface area contributed by atoms with Crippen LogP contribution < -0.4 is 5.56 Å². The predicted molar refractivity (Wildman–Crippen MR) is 154 cm³/mol. The van der Waals surface area contributed by atoms with E-state index in [-0.39, 0.29) is 42.4 Å². The van der Waals surface area contributed by atoms with Crippen LogP contribution in [0.4, 0.5) is 4.79 Å². The van der Waals surface area contributed by atoms with E-state index in [0.717, 1.165) is 28.0 Å². The highest BCUT2D eigenvalue weighted by Gasteiger charge is 2.32. The number of imidazole rings is 1. The summed E-state index contributed by atoms with van der Waals surface area (Å²) in [5.74, 6) is 0.681. The summed E-state index contributed by atoms with van der Waals surface area (Å²) in [5, 5.41) is 1.80. The highest BCUT2D eigenvalue weighted by molar-refractivity contribution is 7.98. The lowest BCUT2D eigenvalue weighted by Crippen LogP contribution is -2.44. The molecule has 1 aliphatic rings. The zero-order chi connectivity index (χ0) is 27.6. The molecule has 1 N–H and O–H groups in total. The SMILES string of the molecule is CSc1nc2ccccc2n1[C@H]1CCN(C(=O)OCCCOCc2nc3c(oc4ccccc43)c(=O)[nH]2)C[C@@H]1C. The Balaban J connectivity index is 0.975. The second kappa shape index (κ2) is 11.3. The number of aromatic nitrogens is 4. The highest BCUT2D eigenvalue weighted by atomic mass is 32.2. The molecule has 10 nitrogen and oxygen atoms in total. The van der Waals surface area contributed by atoms with E-state index in [9.17, 15) is 9.59 Å². The molecule has 0 saturated carbocycles. The molecule has 0 bridgehead atoms. The van der Waals surface area contributed by atoms with Gasteiger partial charge in [0, 0.05) is 30.9 Å². The summed E-state index contributed by atoms with van der Waals surface area (Å²) in [7, 11) is 0. The first-order chi connectivity index (χ1) is 19.5. The third-order valence-electron chi connectivity index (χ3n) is 7.37. The second-order valence-electron chi connectivity index (χ2n) is 10.0. The molecule has 0 unspecified atom stereocenters. The molecule has 5 aromatic rings. The van der Waals surface area contributed by atoms with Crippen LogP contribution in [0.15, 0.2) is 62.9 Å². The summed E-state index contributed by atoms with van der Waals surface area (Å²) in [5.41, 5.74) is 3.15. The van der Waals surface area contributed by atoms with Crippen molar-refractivity contribution in [3.63, 3.8) is 0 Å². The smallest absolute Gasteiger partial charge is 0.409 e. The van der Waals surface area contributed by atoms with Crippen LogP contribution >= 0.6 is 11.8 Å². The van der Waals surface area contributed by atoms with Crippen LogP contribution in [0, 0.1) is 5.92 Å². The topological polar surface area (TPSA) is 115 Å². The molecular formula is C29H31N5O5S. The Kier molecular flexibility index (Phi) is 7.48. The Morgan fingerprint density at radius 2 is 1.98 bits per heavy atom. The van der Waals surface area contributed by atoms with E-state index in [1.165, 1.54) is 0 Å². The third kappa shape index (κ3) is 5.06. The van der Waals surface area contributed by atoms with E-state index in [4.69, 9.17) is 18.9 Å². The average Bonchev–Trinajstić information content (AvgIpc) is 3.53. The largest absolute Gasteiger partial charge is 0.449 e. The van der Waals surface area contributed by atoms with Crippen molar-refractivity contribution in [2.24, 2.45) is 5.92 Å². The monoisotopic (exact) mass is 561 g/mol. The normalized spacial score (nSPS) is 17.7. The van der Waals surface area contributed by atoms with Gasteiger partial charge in [-0.1, -0.05) is 43.0 Å². The van der Waals surface area contributed by atoms with Crippen molar-refractivity contribution in [3.05, 3.63) is 64.7 Å². The van der Waals surface area contributed by atoms with Gasteiger partial charge in [0.1, 0.15) is 23.5 Å². The first-order valence-electron chi connectivity index (χ1n) is 13.4. The van der Waals surface area contributed by atoms with Gasteiger partial charge in [0.05, 0.1) is 24.2 Å². The van der Waals surface area contributed by atoms with Gasteiger partial charge < -0.3 is 28.3 Å². The van der Waals surface area contributed by atoms with Gasteiger partial charge in [0.15, 0.2) is 5.16 Å². The summed E-state index contributed by atoms with van der Waals surface area (Å²) in [6, 6.07) is 15.9. The fourth-order valence-electron chi connectivity index (χ4n) is 5.47. The van der Waals surface area contributed by atoms with E-state index in [1.54, 1.807) is 22.7 Å². The lowest BCUT2D eigenvalue weighted by molar-refractivity contribution is 0.0583. The van der Waals surface area contributed by atoms with Crippen LogP contribution in [-0.2, 0) is 16.1 Å². The molecule has 11 heteroatoms. The number of carbonyl (C=O) groups is 1. The number of furan rings is 1. The maximum absolute atomic E-state index is 12.8. The molecule has 2 atom stereocenters. The van der Waals surface area contributed by atoms with Gasteiger partial charge >= 0.3 is 6.09 Å². The number of likely N-dealkylation sites (tertiary alicyclic amines) is 1. The molecule has 2 aromatic carbocycles. The minimum absolute atomic E-state index is 0.143. The van der Waals surface area contributed by atoms with Gasteiger partial charge in [0.25, 0.3) is 5.56 Å². The van der Waals surface area contributed by atoms with E-state index in [1.807, 2.05) is 42.7 Å². The van der Waals surface area contributed by atoms with Crippen LogP contribution in [0.3, 0.4) is 0 Å². The zero-order valence-electron chi connectivity index (χ0n) is 22.5. The summed E-state index contributed by atoms with van der Waals surface area (Å²) >= 11 is 1.65. The van der Waals surface area contributed by atoms with Crippen LogP contribution in [-0.4, -0.2) is 63.1 Å². The molecule has 1 aliphatic heterocycles. The number of aromatic amines is 1. The first-order valence-corrected chi connectivity index (χ1v) is 14.7. The Bertz CT molecular complexity index is 1730. The number of ether oxygens (including phenoxy) is 2. The quantitative estimate of drug-likeness (QED) is 0.199. The molecule has 1 fully saturated rings. The van der Waals surface area contributed by atoms with Crippen molar-refractivity contribution < 1.29 is 18.7 Å². The number of nitrogens with zero attached hydrogens (tertiary/aromatic N) is 4. The van der Waals surface area contributed by atoms with E-state index >= 15 is 0 Å². The molecule has 1 amide bonds. The highest BCUT2D eigenvalue weighted by Crippen LogP contribution is 2.35. The van der Waals surface area contributed by atoms with Crippen molar-refractivity contribution in [3.8, 4) is 0 Å². The van der Waals surface area contributed by atoms with Gasteiger partial charge in [-0.3, -0.25) is 4.79 Å². The number of amides is 1. The molecule has 3 aromatic heterocycles. The summed E-state index contributed by atoms with van der Waals surface area (Å²) in [6.07, 6.45) is 3.13. The summed E-state index contributed by atoms with van der Waals surface area (Å²) in [6.45, 7) is 4.21. The maximum Gasteiger partial charge on any atom is 0.409 e. The molecular weight excluding hydrogens is 530 g/mol. The van der Waals surface area contributed by atoms with Gasteiger partial charge in [-0.2, -0.15) is 0 Å². The van der Waals surface area contributed by atoms with Crippen molar-refractivity contribution in [2.75, 3.05) is 32.6 Å². The van der Waals surface area contributed by atoms with Crippen LogP contribution in [0.25, 0.3) is 33.1 Å². The minimum atomic E-state index is -0.336. The number of thioether (sulfide) groups is 1. The lowest BCUT2D eigenvalue weighted by Gasteiger charge is -2.37. The molecule has 0 aliphatic carbocycles. The Morgan fingerprint density at radius 3 is 2.83 bits per heavy atom. The molecule has 4 heterocycles. The number of benzene rings is 2. The number of fused-ring (bicyclic) bond motifs is 4. The lowest BCUT2D eigenvalue weighted by atomic mass is 9.93. The molecule has 6 rings (SSSR count). The number of hydrogen-bond donors (Lipinski definition) is 1. The van der Waals surface area contributed by atoms with Crippen LogP contribution in [0.2, 0.25) is 0 Å². The van der Waals surface area contributed by atoms with Gasteiger partial charge in [-0.05, 0) is 42.9 Å². The van der Waals surface area contributed by atoms with E-state index in [2.05, 4.69) is 27.5 Å². The van der Waals surface area contributed by atoms with Crippen molar-refractivity contribution in [2.45, 2.75) is 37.6 Å². The molecule has 0 spiro atoms. The maximum atomic E-state index is 12.8. The number of H-pyrrole nitrogens is 1. The standard InChI is InChI=1S/C29H31N5O5S/c1-18-16-33(13-12-21(18)34-22-10-5-4-9-20(22)30-28(34)40-2)29(36)38-15-7-14-37-17-24-31-25-19-8-3-6-11-23(19)39-26(25)27(35)32-24/h3-6,8-11,18,21H,7,12-17H2,1-2H3,(H,31,32,35)/t18-,21-/m0/s1. The van der Waals surface area contributed by atoms with Crippen molar-refractivity contribution in [1.82, 2.24) is 24.4 Å². The van der Waals surface area contributed by atoms with Crippen molar-refractivity contribution >= 4 is 51.0 Å². The van der Waals surface area contributed by atoms with Gasteiger partial charge in [-0.15, -0.1) is 0 Å².